The van der Waals surface area contributed by atoms with Gasteiger partial charge in [-0.15, -0.1) is 0 Å². The highest BCUT2D eigenvalue weighted by atomic mass is 16.4. The molecule has 0 unspecified atom stereocenters. The first-order valence-corrected chi connectivity index (χ1v) is 6.94. The highest BCUT2D eigenvalue weighted by molar-refractivity contribution is 6.45. The maximum atomic E-state index is 12.2. The fraction of sp³-hybridized carbons (Fsp3) is 0.222. The van der Waals surface area contributed by atoms with E-state index in [2.05, 4.69) is 31.1 Å². The minimum atomic E-state index is -0.243. The summed E-state index contributed by atoms with van der Waals surface area (Å²) < 4.78 is 0. The van der Waals surface area contributed by atoms with E-state index < -0.39 is 0 Å². The number of oxime groups is 1. The van der Waals surface area contributed by atoms with Crippen molar-refractivity contribution in [1.29, 1.82) is 0 Å². The van der Waals surface area contributed by atoms with Crippen LogP contribution in [0, 0.1) is 0 Å². The van der Waals surface area contributed by atoms with Crippen LogP contribution in [0.2, 0.25) is 0 Å². The molecule has 0 saturated carbocycles. The lowest BCUT2D eigenvalue weighted by molar-refractivity contribution is 0.106. The van der Waals surface area contributed by atoms with Gasteiger partial charge in [-0.25, -0.2) is 0 Å². The molecule has 3 heteroatoms. The zero-order valence-electron chi connectivity index (χ0n) is 12.3. The molecule has 0 fully saturated rings. The average Bonchev–Trinajstić information content (AvgIpc) is 2.74. The maximum Gasteiger partial charge on any atom is 0.210 e. The molecule has 1 aliphatic rings. The summed E-state index contributed by atoms with van der Waals surface area (Å²) in [4.78, 5) is 12.2. The SMILES string of the molecule is CC(=NO)C(=O)c1ccc2c(c1)C(C)(C)c1ccccc1-2. The van der Waals surface area contributed by atoms with Gasteiger partial charge in [-0.2, -0.15) is 0 Å². The van der Waals surface area contributed by atoms with Gasteiger partial charge in [0.25, 0.3) is 0 Å². The summed E-state index contributed by atoms with van der Waals surface area (Å²) in [5.74, 6) is -0.243. The standard InChI is InChI=1S/C18H17NO2/c1-11(19-21)17(20)12-8-9-14-13-6-4-5-7-15(13)18(2,3)16(14)10-12/h4-10,21H,1-3H3. The summed E-state index contributed by atoms with van der Waals surface area (Å²) in [6, 6.07) is 14.0. The minimum Gasteiger partial charge on any atom is -0.411 e. The lowest BCUT2D eigenvalue weighted by Gasteiger charge is -2.21. The summed E-state index contributed by atoms with van der Waals surface area (Å²) in [6.45, 7) is 5.84. The second-order valence-electron chi connectivity index (χ2n) is 5.95. The fourth-order valence-electron chi connectivity index (χ4n) is 3.10. The van der Waals surface area contributed by atoms with Crippen LogP contribution >= 0.6 is 0 Å². The summed E-state index contributed by atoms with van der Waals surface area (Å²) in [5.41, 5.74) is 5.34. The quantitative estimate of drug-likeness (QED) is 0.390. The molecular weight excluding hydrogens is 262 g/mol. The van der Waals surface area contributed by atoms with E-state index in [1.165, 1.54) is 23.6 Å². The molecule has 0 atom stereocenters. The Kier molecular flexibility index (Phi) is 2.94. The van der Waals surface area contributed by atoms with Crippen molar-refractivity contribution in [3.63, 3.8) is 0 Å². The van der Waals surface area contributed by atoms with Crippen LogP contribution in [0.5, 0.6) is 0 Å². The summed E-state index contributed by atoms with van der Waals surface area (Å²) in [7, 11) is 0. The molecule has 0 radical (unpaired) electrons. The number of Topliss-reactive ketones (excluding diaryl/α,β-unsaturated/α-hetero) is 1. The van der Waals surface area contributed by atoms with Gasteiger partial charge in [-0.1, -0.05) is 55.4 Å². The Bertz CT molecular complexity index is 773. The number of ketones is 1. The van der Waals surface area contributed by atoms with Crippen LogP contribution < -0.4 is 0 Å². The predicted molar refractivity (Wildman–Crippen MR) is 83.2 cm³/mol. The molecule has 0 amide bonds. The van der Waals surface area contributed by atoms with Crippen LogP contribution in [0.25, 0.3) is 11.1 Å². The van der Waals surface area contributed by atoms with Crippen LogP contribution in [0.3, 0.4) is 0 Å². The number of rotatable bonds is 2. The lowest BCUT2D eigenvalue weighted by atomic mass is 9.81. The number of benzene rings is 2. The second-order valence-corrected chi connectivity index (χ2v) is 5.95. The molecule has 2 aromatic carbocycles. The van der Waals surface area contributed by atoms with E-state index in [-0.39, 0.29) is 16.9 Å². The third-order valence-corrected chi connectivity index (χ3v) is 4.32. The molecule has 0 heterocycles. The van der Waals surface area contributed by atoms with Crippen molar-refractivity contribution >= 4 is 11.5 Å². The van der Waals surface area contributed by atoms with Crippen LogP contribution in [0.1, 0.15) is 42.3 Å². The van der Waals surface area contributed by atoms with Crippen LogP contribution in [0.15, 0.2) is 47.6 Å². The van der Waals surface area contributed by atoms with Gasteiger partial charge < -0.3 is 5.21 Å². The van der Waals surface area contributed by atoms with E-state index in [1.807, 2.05) is 24.3 Å². The molecule has 0 spiro atoms. The normalized spacial score (nSPS) is 15.5. The number of hydrogen-bond acceptors (Lipinski definition) is 3. The molecule has 1 N–H and O–H groups in total. The number of nitrogens with zero attached hydrogens (tertiary/aromatic N) is 1. The van der Waals surface area contributed by atoms with Gasteiger partial charge in [0.15, 0.2) is 0 Å². The van der Waals surface area contributed by atoms with Crippen LogP contribution in [-0.2, 0) is 5.41 Å². The molecule has 106 valence electrons. The minimum absolute atomic E-state index is 0.100. The third-order valence-electron chi connectivity index (χ3n) is 4.32. The molecule has 0 aliphatic heterocycles. The van der Waals surface area contributed by atoms with E-state index in [4.69, 9.17) is 5.21 Å². The highest BCUT2D eigenvalue weighted by Gasteiger charge is 2.35. The van der Waals surface area contributed by atoms with E-state index >= 15 is 0 Å². The van der Waals surface area contributed by atoms with Gasteiger partial charge >= 0.3 is 0 Å². The molecular formula is C18H17NO2. The second kappa shape index (κ2) is 4.55. The molecule has 0 saturated heterocycles. The van der Waals surface area contributed by atoms with Gasteiger partial charge in [0.05, 0.1) is 0 Å². The molecule has 1 aliphatic carbocycles. The maximum absolute atomic E-state index is 12.2. The van der Waals surface area contributed by atoms with E-state index in [0.29, 0.717) is 5.56 Å². The number of carbonyl (C=O) groups excluding carboxylic acids is 1. The average molecular weight is 279 g/mol. The van der Waals surface area contributed by atoms with Gasteiger partial charge in [0.1, 0.15) is 5.71 Å². The number of fused-ring (bicyclic) bond motifs is 3. The lowest BCUT2D eigenvalue weighted by Crippen LogP contribution is -2.17. The van der Waals surface area contributed by atoms with Crippen molar-refractivity contribution < 1.29 is 10.0 Å². The van der Waals surface area contributed by atoms with Crippen molar-refractivity contribution in [2.75, 3.05) is 0 Å². The van der Waals surface area contributed by atoms with E-state index in [0.717, 1.165) is 5.56 Å². The molecule has 3 nitrogen and oxygen atoms in total. The van der Waals surface area contributed by atoms with Gasteiger partial charge in [0.2, 0.25) is 5.78 Å². The first kappa shape index (κ1) is 13.6. The largest absolute Gasteiger partial charge is 0.411 e. The summed E-state index contributed by atoms with van der Waals surface area (Å²) >= 11 is 0. The molecule has 3 rings (SSSR count). The monoisotopic (exact) mass is 279 g/mol. The van der Waals surface area contributed by atoms with Gasteiger partial charge in [0, 0.05) is 11.0 Å². The zero-order chi connectivity index (χ0) is 15.2. The number of hydrogen-bond donors (Lipinski definition) is 1. The first-order chi connectivity index (χ1) is 9.96. The fourth-order valence-corrected chi connectivity index (χ4v) is 3.10. The van der Waals surface area contributed by atoms with Crippen molar-refractivity contribution in [3.05, 3.63) is 59.2 Å². The topological polar surface area (TPSA) is 49.7 Å². The Balaban J connectivity index is 2.18. The Morgan fingerprint density at radius 1 is 1.05 bits per heavy atom. The van der Waals surface area contributed by atoms with E-state index in [1.54, 1.807) is 6.07 Å². The zero-order valence-corrected chi connectivity index (χ0v) is 12.3. The van der Waals surface area contributed by atoms with Crippen molar-refractivity contribution in [1.82, 2.24) is 0 Å². The van der Waals surface area contributed by atoms with Crippen molar-refractivity contribution in [2.24, 2.45) is 5.16 Å². The smallest absolute Gasteiger partial charge is 0.210 e. The van der Waals surface area contributed by atoms with Gasteiger partial charge in [-0.05, 0) is 35.2 Å². The van der Waals surface area contributed by atoms with Crippen molar-refractivity contribution in [3.8, 4) is 11.1 Å². The van der Waals surface area contributed by atoms with Gasteiger partial charge in [-0.3, -0.25) is 4.79 Å². The first-order valence-electron chi connectivity index (χ1n) is 6.94. The Hall–Kier alpha value is -2.42. The molecule has 21 heavy (non-hydrogen) atoms. The summed E-state index contributed by atoms with van der Waals surface area (Å²) in [6.07, 6.45) is 0. The molecule has 0 bridgehead atoms. The molecule has 2 aromatic rings. The van der Waals surface area contributed by atoms with E-state index in [9.17, 15) is 4.79 Å². The Labute approximate surface area is 123 Å². The predicted octanol–water partition coefficient (Wildman–Crippen LogP) is 4.03. The third kappa shape index (κ3) is 1.88. The highest BCUT2D eigenvalue weighted by Crippen LogP contribution is 2.48. The van der Waals surface area contributed by atoms with Crippen molar-refractivity contribution in [2.45, 2.75) is 26.2 Å². The Morgan fingerprint density at radius 2 is 1.71 bits per heavy atom. The van der Waals surface area contributed by atoms with Crippen LogP contribution in [0.4, 0.5) is 0 Å². The summed E-state index contributed by atoms with van der Waals surface area (Å²) in [5, 5.41) is 11.8. The molecule has 0 aromatic heterocycles. The number of carbonyl (C=O) groups is 1. The van der Waals surface area contributed by atoms with Crippen LogP contribution in [-0.4, -0.2) is 16.7 Å². The Morgan fingerprint density at radius 3 is 2.43 bits per heavy atom.